The van der Waals surface area contributed by atoms with Gasteiger partial charge in [-0.3, -0.25) is 9.89 Å². The van der Waals surface area contributed by atoms with Crippen LogP contribution < -0.4 is 9.47 Å². The van der Waals surface area contributed by atoms with Crippen LogP contribution in [0.3, 0.4) is 0 Å². The Morgan fingerprint density at radius 2 is 1.90 bits per heavy atom. The molecule has 0 radical (unpaired) electrons. The summed E-state index contributed by atoms with van der Waals surface area (Å²) in [4.78, 5) is 14.9. The highest BCUT2D eigenvalue weighted by Crippen LogP contribution is 2.46. The molecular weight excluding hydrogens is 398 g/mol. The maximum Gasteiger partial charge on any atom is 0.273 e. The zero-order valence-electron chi connectivity index (χ0n) is 17.7. The number of H-pyrrole nitrogens is 1. The van der Waals surface area contributed by atoms with Crippen LogP contribution in [0.5, 0.6) is 17.2 Å². The number of aliphatic hydroxyl groups is 1. The molecule has 31 heavy (non-hydrogen) atoms. The lowest BCUT2D eigenvalue weighted by atomic mass is 9.94. The van der Waals surface area contributed by atoms with Crippen molar-refractivity contribution >= 4 is 5.91 Å². The Bertz CT molecular complexity index is 1120. The van der Waals surface area contributed by atoms with Crippen molar-refractivity contribution in [1.29, 1.82) is 0 Å². The summed E-state index contributed by atoms with van der Waals surface area (Å²) in [6.07, 6.45) is 0.443. The number of aromatic amines is 1. The molecule has 0 fully saturated rings. The summed E-state index contributed by atoms with van der Waals surface area (Å²) in [5.74, 6) is 1.02. The normalized spacial score (nSPS) is 15.3. The van der Waals surface area contributed by atoms with Crippen molar-refractivity contribution in [2.75, 3.05) is 27.4 Å². The number of carbonyl (C=O) groups excluding carboxylic acids is 1. The van der Waals surface area contributed by atoms with E-state index in [0.29, 0.717) is 47.0 Å². The van der Waals surface area contributed by atoms with E-state index in [-0.39, 0.29) is 18.3 Å². The minimum atomic E-state index is -0.456. The number of fused-ring (bicyclic) bond motifs is 1. The lowest BCUT2D eigenvalue weighted by Gasteiger charge is -2.26. The zero-order chi connectivity index (χ0) is 22.1. The van der Waals surface area contributed by atoms with Gasteiger partial charge >= 0.3 is 0 Å². The largest absolute Gasteiger partial charge is 0.507 e. The fourth-order valence-electron chi connectivity index (χ4n) is 4.08. The molecule has 3 N–H and O–H groups in total. The highest BCUT2D eigenvalue weighted by molar-refractivity contribution is 6.00. The second kappa shape index (κ2) is 8.31. The topological polar surface area (TPSA) is 108 Å². The van der Waals surface area contributed by atoms with Crippen LogP contribution >= 0.6 is 0 Å². The maximum absolute atomic E-state index is 13.2. The number of phenols is 1. The number of ether oxygens (including phenoxy) is 2. The molecule has 0 aliphatic carbocycles. The molecule has 3 aromatic rings. The minimum absolute atomic E-state index is 0.0276. The predicted octanol–water partition coefficient (Wildman–Crippen LogP) is 3.04. The smallest absolute Gasteiger partial charge is 0.273 e. The summed E-state index contributed by atoms with van der Waals surface area (Å²) < 4.78 is 10.8. The molecule has 0 spiro atoms. The molecule has 1 aromatic heterocycles. The maximum atomic E-state index is 13.2. The molecule has 1 unspecified atom stereocenters. The lowest BCUT2D eigenvalue weighted by Crippen LogP contribution is -2.31. The van der Waals surface area contributed by atoms with Gasteiger partial charge in [-0.1, -0.05) is 17.7 Å². The molecule has 8 heteroatoms. The van der Waals surface area contributed by atoms with Gasteiger partial charge in [0.2, 0.25) is 0 Å². The van der Waals surface area contributed by atoms with Crippen molar-refractivity contribution in [2.24, 2.45) is 0 Å². The zero-order valence-corrected chi connectivity index (χ0v) is 17.7. The Morgan fingerprint density at radius 3 is 2.61 bits per heavy atom. The number of nitrogens with one attached hydrogen (secondary N) is 1. The van der Waals surface area contributed by atoms with Crippen molar-refractivity contribution < 1.29 is 24.5 Å². The van der Waals surface area contributed by atoms with Crippen LogP contribution in [-0.4, -0.2) is 58.6 Å². The molecule has 0 saturated carbocycles. The number of nitrogens with zero attached hydrogens (tertiary/aromatic N) is 2. The fourth-order valence-corrected chi connectivity index (χ4v) is 4.08. The molecule has 1 amide bonds. The van der Waals surface area contributed by atoms with Crippen molar-refractivity contribution in [3.05, 3.63) is 58.8 Å². The van der Waals surface area contributed by atoms with E-state index >= 15 is 0 Å². The van der Waals surface area contributed by atoms with E-state index in [4.69, 9.17) is 9.47 Å². The minimum Gasteiger partial charge on any atom is -0.507 e. The second-order valence-electron chi connectivity index (χ2n) is 7.47. The number of methoxy groups -OCH3 is 2. The Hall–Kier alpha value is -3.52. The van der Waals surface area contributed by atoms with Gasteiger partial charge in [-0.25, -0.2) is 0 Å². The van der Waals surface area contributed by atoms with Crippen molar-refractivity contribution in [3.63, 3.8) is 0 Å². The number of hydrogen-bond donors (Lipinski definition) is 3. The van der Waals surface area contributed by atoms with Gasteiger partial charge in [-0.15, -0.1) is 0 Å². The highest BCUT2D eigenvalue weighted by Gasteiger charge is 2.42. The first-order valence-corrected chi connectivity index (χ1v) is 10.0. The number of aryl methyl sites for hydroxylation is 1. The van der Waals surface area contributed by atoms with E-state index in [9.17, 15) is 15.0 Å². The molecule has 1 atom stereocenters. The summed E-state index contributed by atoms with van der Waals surface area (Å²) in [6.45, 7) is 2.27. The first kappa shape index (κ1) is 20.7. The van der Waals surface area contributed by atoms with Crippen LogP contribution in [0.15, 0.2) is 36.4 Å². The van der Waals surface area contributed by atoms with Crippen molar-refractivity contribution in [2.45, 2.75) is 19.4 Å². The average molecular weight is 423 g/mol. The Labute approximate surface area is 180 Å². The van der Waals surface area contributed by atoms with Gasteiger partial charge in [-0.2, -0.15) is 5.10 Å². The van der Waals surface area contributed by atoms with Crippen LogP contribution in [0.1, 0.15) is 39.6 Å². The first-order valence-electron chi connectivity index (χ1n) is 10.0. The predicted molar refractivity (Wildman–Crippen MR) is 115 cm³/mol. The standard InChI is InChI=1S/C23H25N3O5/c1-13-5-7-16(28)15(11-13)20-19-21(25-24-20)23(29)26(9-4-10-27)22(19)14-6-8-17(30-2)18(12-14)31-3/h5-8,11-12,22,27-28H,4,9-10H2,1-3H3,(H,24,25). The molecule has 4 rings (SSSR count). The summed E-state index contributed by atoms with van der Waals surface area (Å²) in [7, 11) is 3.13. The van der Waals surface area contributed by atoms with Crippen LogP contribution in [0.4, 0.5) is 0 Å². The molecule has 0 saturated heterocycles. The van der Waals surface area contributed by atoms with Crippen LogP contribution in [0.2, 0.25) is 0 Å². The van der Waals surface area contributed by atoms with Gasteiger partial charge in [-0.05, 0) is 43.2 Å². The summed E-state index contributed by atoms with van der Waals surface area (Å²) in [6, 6.07) is 10.3. The van der Waals surface area contributed by atoms with Gasteiger partial charge in [0.25, 0.3) is 5.91 Å². The van der Waals surface area contributed by atoms with E-state index in [0.717, 1.165) is 11.1 Å². The number of aliphatic hydroxyl groups excluding tert-OH is 1. The van der Waals surface area contributed by atoms with Gasteiger partial charge < -0.3 is 24.6 Å². The SMILES string of the molecule is COc1ccc(C2c3c(-c4cc(C)ccc4O)n[nH]c3C(=O)N2CCCO)cc1OC. The molecular formula is C23H25N3O5. The number of hydrogen-bond acceptors (Lipinski definition) is 6. The van der Waals surface area contributed by atoms with E-state index in [2.05, 4.69) is 10.2 Å². The molecule has 8 nitrogen and oxygen atoms in total. The average Bonchev–Trinajstić information content (AvgIpc) is 3.32. The first-order chi connectivity index (χ1) is 15.0. The number of aromatic nitrogens is 2. The van der Waals surface area contributed by atoms with E-state index in [1.165, 1.54) is 0 Å². The highest BCUT2D eigenvalue weighted by atomic mass is 16.5. The van der Waals surface area contributed by atoms with Crippen molar-refractivity contribution in [1.82, 2.24) is 15.1 Å². The molecule has 0 bridgehead atoms. The quantitative estimate of drug-likeness (QED) is 0.539. The van der Waals surface area contributed by atoms with Gasteiger partial charge in [0.15, 0.2) is 11.5 Å². The summed E-state index contributed by atoms with van der Waals surface area (Å²) in [5.41, 5.74) is 3.94. The molecule has 1 aliphatic rings. The molecule has 2 heterocycles. The van der Waals surface area contributed by atoms with E-state index in [1.807, 2.05) is 31.2 Å². The van der Waals surface area contributed by atoms with Gasteiger partial charge in [0, 0.05) is 24.3 Å². The number of phenolic OH excluding ortho intramolecular Hbond substituents is 1. The van der Waals surface area contributed by atoms with Crippen LogP contribution in [0, 0.1) is 6.92 Å². The number of carbonyl (C=O) groups is 1. The fraction of sp³-hybridized carbons (Fsp3) is 0.304. The summed E-state index contributed by atoms with van der Waals surface area (Å²) >= 11 is 0. The Morgan fingerprint density at radius 1 is 1.13 bits per heavy atom. The number of rotatable bonds is 7. The van der Waals surface area contributed by atoms with Crippen molar-refractivity contribution in [3.8, 4) is 28.5 Å². The molecule has 162 valence electrons. The molecule has 2 aromatic carbocycles. The number of benzene rings is 2. The Balaban J connectivity index is 1.90. The number of aromatic hydroxyl groups is 1. The Kier molecular flexibility index (Phi) is 5.56. The second-order valence-corrected chi connectivity index (χ2v) is 7.47. The monoisotopic (exact) mass is 423 g/mol. The third-order valence-electron chi connectivity index (χ3n) is 5.55. The summed E-state index contributed by atoms with van der Waals surface area (Å²) in [5, 5.41) is 27.1. The van der Waals surface area contributed by atoms with Gasteiger partial charge in [0.1, 0.15) is 17.1 Å². The van der Waals surface area contributed by atoms with E-state index in [1.54, 1.807) is 31.3 Å². The molecule has 1 aliphatic heterocycles. The van der Waals surface area contributed by atoms with Crippen LogP contribution in [0.25, 0.3) is 11.3 Å². The van der Waals surface area contributed by atoms with E-state index < -0.39 is 6.04 Å². The van der Waals surface area contributed by atoms with Gasteiger partial charge in [0.05, 0.1) is 20.3 Å². The van der Waals surface area contributed by atoms with Crippen LogP contribution in [-0.2, 0) is 0 Å². The third-order valence-corrected chi connectivity index (χ3v) is 5.55. The number of amides is 1. The third kappa shape index (κ3) is 3.48. The lowest BCUT2D eigenvalue weighted by molar-refractivity contribution is 0.0732.